The van der Waals surface area contributed by atoms with Crippen LogP contribution in [-0.2, 0) is 13.0 Å². The molecule has 0 N–H and O–H groups in total. The predicted molar refractivity (Wildman–Crippen MR) is 85.2 cm³/mol. The summed E-state index contributed by atoms with van der Waals surface area (Å²) >= 11 is 1.82. The van der Waals surface area contributed by atoms with Crippen molar-refractivity contribution < 1.29 is 0 Å². The average Bonchev–Trinajstić information content (AvgIpc) is 2.96. The third kappa shape index (κ3) is 2.92. The molecule has 4 heteroatoms. The molecule has 3 rings (SSSR count). The van der Waals surface area contributed by atoms with Gasteiger partial charge in [0.2, 0.25) is 0 Å². The highest BCUT2D eigenvalue weighted by atomic mass is 32.1. The van der Waals surface area contributed by atoms with Gasteiger partial charge in [0.25, 0.3) is 0 Å². The Kier molecular flexibility index (Phi) is 4.43. The number of thiazole rings is 1. The zero-order valence-corrected chi connectivity index (χ0v) is 13.8. The van der Waals surface area contributed by atoms with E-state index in [2.05, 4.69) is 36.0 Å². The third-order valence-corrected chi connectivity index (χ3v) is 5.85. The maximum Gasteiger partial charge on any atom is 0.0926 e. The van der Waals surface area contributed by atoms with Crippen LogP contribution in [0, 0.1) is 0 Å². The number of fused-ring (bicyclic) bond motifs is 2. The number of aromatic nitrogens is 1. The molecule has 2 fully saturated rings. The van der Waals surface area contributed by atoms with Gasteiger partial charge in [-0.1, -0.05) is 6.92 Å². The Balaban J connectivity index is 1.65. The lowest BCUT2D eigenvalue weighted by Gasteiger charge is -2.32. The number of likely N-dealkylation sites (tertiary alicyclic amines) is 1. The van der Waals surface area contributed by atoms with E-state index < -0.39 is 0 Å². The van der Waals surface area contributed by atoms with Gasteiger partial charge in [0, 0.05) is 43.1 Å². The quantitative estimate of drug-likeness (QED) is 0.850. The van der Waals surface area contributed by atoms with Gasteiger partial charge < -0.3 is 0 Å². The van der Waals surface area contributed by atoms with Crippen molar-refractivity contribution in [3.05, 3.63) is 16.1 Å². The van der Waals surface area contributed by atoms with E-state index in [9.17, 15) is 0 Å². The summed E-state index contributed by atoms with van der Waals surface area (Å²) < 4.78 is 0. The van der Waals surface area contributed by atoms with Crippen LogP contribution in [0.5, 0.6) is 0 Å². The molecule has 0 aliphatic carbocycles. The van der Waals surface area contributed by atoms with Crippen LogP contribution in [0.2, 0.25) is 0 Å². The summed E-state index contributed by atoms with van der Waals surface area (Å²) in [6.45, 7) is 10.4. The Hall–Kier alpha value is -0.450. The standard InChI is InChI=1S/C16H27N3S/c1-4-16-17-13(11-20-16)9-18-8-7-14-5-6-15(10-18)19(14)12(2)3/h11-12,14-15H,4-10H2,1-3H3/t14-,15+/m1/s1. The Morgan fingerprint density at radius 3 is 2.80 bits per heavy atom. The van der Waals surface area contributed by atoms with Crippen LogP contribution in [0.1, 0.15) is 50.7 Å². The number of hydrogen-bond acceptors (Lipinski definition) is 4. The minimum atomic E-state index is 0.693. The van der Waals surface area contributed by atoms with E-state index in [4.69, 9.17) is 4.98 Å². The normalized spacial score (nSPS) is 28.2. The first-order chi connectivity index (χ1) is 9.67. The zero-order chi connectivity index (χ0) is 14.1. The molecule has 0 saturated carbocycles. The SMILES string of the molecule is CCc1nc(CN2CC[C@H]3CC[C@@H](C2)N3C(C)C)cs1. The fourth-order valence-electron chi connectivity index (χ4n) is 3.98. The fraction of sp³-hybridized carbons (Fsp3) is 0.812. The Bertz CT molecular complexity index is 443. The molecule has 20 heavy (non-hydrogen) atoms. The molecule has 1 aromatic heterocycles. The average molecular weight is 293 g/mol. The van der Waals surface area contributed by atoms with Crippen molar-refractivity contribution in [3.63, 3.8) is 0 Å². The molecule has 112 valence electrons. The molecule has 2 saturated heterocycles. The van der Waals surface area contributed by atoms with Gasteiger partial charge in [0.15, 0.2) is 0 Å². The van der Waals surface area contributed by atoms with Crippen molar-refractivity contribution in [3.8, 4) is 0 Å². The highest BCUT2D eigenvalue weighted by Crippen LogP contribution is 2.32. The number of hydrogen-bond donors (Lipinski definition) is 0. The minimum absolute atomic E-state index is 0.693. The number of aryl methyl sites for hydroxylation is 1. The minimum Gasteiger partial charge on any atom is -0.296 e. The second-order valence-corrected chi connectivity index (χ2v) is 7.48. The second kappa shape index (κ2) is 6.12. The summed E-state index contributed by atoms with van der Waals surface area (Å²) in [7, 11) is 0. The number of nitrogens with zero attached hydrogens (tertiary/aromatic N) is 3. The van der Waals surface area contributed by atoms with Crippen LogP contribution in [0.25, 0.3) is 0 Å². The maximum atomic E-state index is 4.73. The van der Waals surface area contributed by atoms with Crippen LogP contribution < -0.4 is 0 Å². The molecule has 1 aromatic rings. The van der Waals surface area contributed by atoms with Crippen LogP contribution in [0.15, 0.2) is 5.38 Å². The molecule has 2 bridgehead atoms. The molecule has 0 amide bonds. The highest BCUT2D eigenvalue weighted by Gasteiger charge is 2.38. The van der Waals surface area contributed by atoms with Crippen molar-refractivity contribution in [1.29, 1.82) is 0 Å². The molecule has 0 radical (unpaired) electrons. The van der Waals surface area contributed by atoms with Gasteiger partial charge in [0.1, 0.15) is 0 Å². The van der Waals surface area contributed by atoms with E-state index in [-0.39, 0.29) is 0 Å². The lowest BCUT2D eigenvalue weighted by Crippen LogP contribution is -2.43. The molecule has 2 atom stereocenters. The lowest BCUT2D eigenvalue weighted by molar-refractivity contribution is 0.145. The van der Waals surface area contributed by atoms with Gasteiger partial charge in [-0.3, -0.25) is 9.80 Å². The first-order valence-electron chi connectivity index (χ1n) is 8.10. The molecule has 2 aliphatic rings. The summed E-state index contributed by atoms with van der Waals surface area (Å²) in [6.07, 6.45) is 5.19. The monoisotopic (exact) mass is 293 g/mol. The summed E-state index contributed by atoms with van der Waals surface area (Å²) in [5.74, 6) is 0. The van der Waals surface area contributed by atoms with E-state index in [0.29, 0.717) is 6.04 Å². The molecular weight excluding hydrogens is 266 g/mol. The van der Waals surface area contributed by atoms with Crippen molar-refractivity contribution in [2.75, 3.05) is 13.1 Å². The van der Waals surface area contributed by atoms with E-state index in [0.717, 1.165) is 25.0 Å². The molecule has 0 spiro atoms. The highest BCUT2D eigenvalue weighted by molar-refractivity contribution is 7.09. The van der Waals surface area contributed by atoms with Crippen LogP contribution in [0.3, 0.4) is 0 Å². The van der Waals surface area contributed by atoms with Gasteiger partial charge in [-0.15, -0.1) is 11.3 Å². The Morgan fingerprint density at radius 1 is 1.30 bits per heavy atom. The lowest BCUT2D eigenvalue weighted by atomic mass is 10.1. The van der Waals surface area contributed by atoms with Crippen molar-refractivity contribution in [1.82, 2.24) is 14.8 Å². The van der Waals surface area contributed by atoms with Crippen LogP contribution in [0.4, 0.5) is 0 Å². The van der Waals surface area contributed by atoms with Crippen LogP contribution in [-0.4, -0.2) is 46.0 Å². The van der Waals surface area contributed by atoms with Crippen molar-refractivity contribution >= 4 is 11.3 Å². The van der Waals surface area contributed by atoms with E-state index >= 15 is 0 Å². The predicted octanol–water partition coefficient (Wildman–Crippen LogP) is 3.15. The first kappa shape index (κ1) is 14.5. The molecule has 0 unspecified atom stereocenters. The Labute approximate surface area is 127 Å². The smallest absolute Gasteiger partial charge is 0.0926 e. The van der Waals surface area contributed by atoms with Crippen LogP contribution >= 0.6 is 11.3 Å². The fourth-order valence-corrected chi connectivity index (χ4v) is 4.72. The third-order valence-electron chi connectivity index (χ3n) is 4.81. The molecular formula is C16H27N3S. The van der Waals surface area contributed by atoms with Gasteiger partial charge >= 0.3 is 0 Å². The topological polar surface area (TPSA) is 19.4 Å². The van der Waals surface area contributed by atoms with Crippen molar-refractivity contribution in [2.24, 2.45) is 0 Å². The summed E-state index contributed by atoms with van der Waals surface area (Å²) in [6, 6.07) is 2.29. The van der Waals surface area contributed by atoms with E-state index in [1.54, 1.807) is 0 Å². The Morgan fingerprint density at radius 2 is 2.10 bits per heavy atom. The number of rotatable bonds is 4. The first-order valence-corrected chi connectivity index (χ1v) is 8.98. The van der Waals surface area contributed by atoms with Crippen molar-refractivity contribution in [2.45, 2.75) is 71.1 Å². The second-order valence-electron chi connectivity index (χ2n) is 6.54. The zero-order valence-electron chi connectivity index (χ0n) is 13.0. The molecule has 3 nitrogen and oxygen atoms in total. The summed E-state index contributed by atoms with van der Waals surface area (Å²) in [5, 5.41) is 3.53. The van der Waals surface area contributed by atoms with Gasteiger partial charge in [-0.05, 0) is 39.5 Å². The van der Waals surface area contributed by atoms with E-state index in [1.165, 1.54) is 43.1 Å². The van der Waals surface area contributed by atoms with E-state index in [1.807, 2.05) is 11.3 Å². The van der Waals surface area contributed by atoms with Gasteiger partial charge in [-0.25, -0.2) is 4.98 Å². The molecule has 0 aromatic carbocycles. The summed E-state index contributed by atoms with van der Waals surface area (Å²) in [5.41, 5.74) is 1.28. The largest absolute Gasteiger partial charge is 0.296 e. The maximum absolute atomic E-state index is 4.73. The molecule has 2 aliphatic heterocycles. The molecule has 3 heterocycles. The van der Waals surface area contributed by atoms with Gasteiger partial charge in [-0.2, -0.15) is 0 Å². The van der Waals surface area contributed by atoms with Gasteiger partial charge in [0.05, 0.1) is 10.7 Å². The summed E-state index contributed by atoms with van der Waals surface area (Å²) in [4.78, 5) is 10.1.